The Balaban J connectivity index is 3.22. The van der Waals surface area contributed by atoms with E-state index in [0.29, 0.717) is 6.04 Å². The minimum absolute atomic E-state index is 0.608. The van der Waals surface area contributed by atoms with Crippen LogP contribution < -0.4 is 5.32 Å². The molecule has 0 saturated heterocycles. The van der Waals surface area contributed by atoms with E-state index >= 15 is 0 Å². The molecule has 0 fully saturated rings. The van der Waals surface area contributed by atoms with Crippen LogP contribution in [-0.4, -0.2) is 24.1 Å². The lowest BCUT2D eigenvalue weighted by Crippen LogP contribution is -2.29. The molecule has 0 aliphatic heterocycles. The summed E-state index contributed by atoms with van der Waals surface area (Å²) in [5.74, 6) is 2.41. The first kappa shape index (κ1) is 11.1. The normalized spacial score (nSPS) is 13.0. The average Bonchev–Trinajstić information content (AvgIpc) is 1.97. The van der Waals surface area contributed by atoms with Crippen LogP contribution in [0.5, 0.6) is 0 Å². The number of hydrogen-bond acceptors (Lipinski definition) is 2. The van der Waals surface area contributed by atoms with Crippen molar-refractivity contribution in [3.05, 3.63) is 12.2 Å². The maximum atomic E-state index is 3.84. The van der Waals surface area contributed by atoms with Crippen LogP contribution >= 0.6 is 11.8 Å². The van der Waals surface area contributed by atoms with E-state index in [0.717, 1.165) is 6.54 Å². The lowest BCUT2D eigenvalue weighted by molar-refractivity contribution is 0.630. The van der Waals surface area contributed by atoms with E-state index in [1.807, 2.05) is 18.7 Å². The van der Waals surface area contributed by atoms with Gasteiger partial charge in [0.1, 0.15) is 0 Å². The van der Waals surface area contributed by atoms with Gasteiger partial charge < -0.3 is 5.32 Å². The van der Waals surface area contributed by atoms with E-state index in [1.165, 1.54) is 17.1 Å². The van der Waals surface area contributed by atoms with Gasteiger partial charge in [-0.1, -0.05) is 19.1 Å². The molecular formula is C9H19NS. The van der Waals surface area contributed by atoms with E-state index in [-0.39, 0.29) is 0 Å². The minimum atomic E-state index is 0.608. The molecule has 1 atom stereocenters. The Morgan fingerprint density at radius 1 is 1.64 bits per heavy atom. The summed E-state index contributed by atoms with van der Waals surface area (Å²) in [6.45, 7) is 11.2. The molecule has 0 aromatic heterocycles. The molecule has 1 N–H and O–H groups in total. The Kier molecular flexibility index (Phi) is 6.77. The molecule has 0 radical (unpaired) electrons. The molecule has 66 valence electrons. The van der Waals surface area contributed by atoms with Crippen molar-refractivity contribution in [2.75, 3.05) is 18.1 Å². The van der Waals surface area contributed by atoms with Crippen LogP contribution in [0, 0.1) is 0 Å². The molecule has 0 aliphatic rings. The monoisotopic (exact) mass is 173 g/mol. The third kappa shape index (κ3) is 7.95. The third-order valence-electron chi connectivity index (χ3n) is 1.32. The minimum Gasteiger partial charge on any atom is -0.310 e. The molecule has 0 heterocycles. The van der Waals surface area contributed by atoms with Gasteiger partial charge in [0.05, 0.1) is 0 Å². The third-order valence-corrected chi connectivity index (χ3v) is 2.47. The van der Waals surface area contributed by atoms with Crippen molar-refractivity contribution in [3.8, 4) is 0 Å². The van der Waals surface area contributed by atoms with Gasteiger partial charge in [-0.15, -0.1) is 0 Å². The van der Waals surface area contributed by atoms with Crippen LogP contribution in [-0.2, 0) is 0 Å². The van der Waals surface area contributed by atoms with Gasteiger partial charge in [-0.2, -0.15) is 11.8 Å². The highest BCUT2D eigenvalue weighted by Gasteiger charge is 1.98. The van der Waals surface area contributed by atoms with Crippen LogP contribution in [0.25, 0.3) is 0 Å². The van der Waals surface area contributed by atoms with Crippen molar-refractivity contribution in [2.45, 2.75) is 26.8 Å². The molecular weight excluding hydrogens is 154 g/mol. The summed E-state index contributed by atoms with van der Waals surface area (Å²) in [7, 11) is 0. The summed E-state index contributed by atoms with van der Waals surface area (Å²) >= 11 is 1.98. The second kappa shape index (κ2) is 6.74. The molecule has 1 unspecified atom stereocenters. The smallest absolute Gasteiger partial charge is 0.0161 e. The van der Waals surface area contributed by atoms with Crippen molar-refractivity contribution < 1.29 is 0 Å². The zero-order valence-corrected chi connectivity index (χ0v) is 8.63. The Labute approximate surface area is 74.6 Å². The van der Waals surface area contributed by atoms with E-state index < -0.39 is 0 Å². The number of hydrogen-bond donors (Lipinski definition) is 1. The fourth-order valence-electron chi connectivity index (χ4n) is 0.702. The predicted octanol–water partition coefficient (Wildman–Crippen LogP) is 2.29. The Hall–Kier alpha value is 0.0500. The van der Waals surface area contributed by atoms with Gasteiger partial charge in [0.25, 0.3) is 0 Å². The maximum Gasteiger partial charge on any atom is 0.0161 e. The molecule has 0 aromatic carbocycles. The fourth-order valence-corrected chi connectivity index (χ4v) is 1.41. The summed E-state index contributed by atoms with van der Waals surface area (Å²) < 4.78 is 0. The zero-order valence-electron chi connectivity index (χ0n) is 7.81. The summed E-state index contributed by atoms with van der Waals surface area (Å²) in [4.78, 5) is 0. The Morgan fingerprint density at radius 2 is 2.27 bits per heavy atom. The molecule has 0 amide bonds. The fraction of sp³-hybridized carbons (Fsp3) is 0.778. The highest BCUT2D eigenvalue weighted by molar-refractivity contribution is 7.99. The van der Waals surface area contributed by atoms with Gasteiger partial charge >= 0.3 is 0 Å². The second-order valence-electron chi connectivity index (χ2n) is 2.90. The first-order valence-corrected chi connectivity index (χ1v) is 5.27. The van der Waals surface area contributed by atoms with E-state index in [2.05, 4.69) is 25.7 Å². The first-order valence-electron chi connectivity index (χ1n) is 4.12. The van der Waals surface area contributed by atoms with Gasteiger partial charge in [0.2, 0.25) is 0 Å². The highest BCUT2D eigenvalue weighted by Crippen LogP contribution is 2.01. The summed E-state index contributed by atoms with van der Waals surface area (Å²) in [5, 5.41) is 3.40. The van der Waals surface area contributed by atoms with Crippen molar-refractivity contribution in [3.63, 3.8) is 0 Å². The van der Waals surface area contributed by atoms with E-state index in [1.54, 1.807) is 0 Å². The topological polar surface area (TPSA) is 12.0 Å². The molecule has 0 aliphatic carbocycles. The first-order chi connectivity index (χ1) is 5.16. The van der Waals surface area contributed by atoms with Crippen molar-refractivity contribution in [2.24, 2.45) is 0 Å². The standard InChI is InChI=1S/C9H19NS/c1-5-11-7-9(4)10-6-8(2)3/h9-10H,2,5-7H2,1,3-4H3. The van der Waals surface area contributed by atoms with Gasteiger partial charge in [-0.05, 0) is 19.6 Å². The molecule has 0 bridgehead atoms. The second-order valence-corrected chi connectivity index (χ2v) is 4.22. The van der Waals surface area contributed by atoms with Crippen LogP contribution in [0.2, 0.25) is 0 Å². The lowest BCUT2D eigenvalue weighted by atomic mass is 10.3. The van der Waals surface area contributed by atoms with Crippen LogP contribution in [0.1, 0.15) is 20.8 Å². The molecule has 1 nitrogen and oxygen atoms in total. The van der Waals surface area contributed by atoms with Crippen molar-refractivity contribution in [1.82, 2.24) is 5.32 Å². The zero-order chi connectivity index (χ0) is 8.69. The van der Waals surface area contributed by atoms with Crippen LogP contribution in [0.4, 0.5) is 0 Å². The molecule has 0 aromatic rings. The molecule has 11 heavy (non-hydrogen) atoms. The summed E-state index contributed by atoms with van der Waals surface area (Å²) in [6.07, 6.45) is 0. The molecule has 0 spiro atoms. The molecule has 2 heteroatoms. The van der Waals surface area contributed by atoms with Crippen molar-refractivity contribution >= 4 is 11.8 Å². The maximum absolute atomic E-state index is 3.84. The quantitative estimate of drug-likeness (QED) is 0.619. The van der Waals surface area contributed by atoms with Crippen LogP contribution in [0.15, 0.2) is 12.2 Å². The van der Waals surface area contributed by atoms with E-state index in [4.69, 9.17) is 0 Å². The Morgan fingerprint density at radius 3 is 2.73 bits per heavy atom. The Bertz CT molecular complexity index is 112. The van der Waals surface area contributed by atoms with Crippen LogP contribution in [0.3, 0.4) is 0 Å². The largest absolute Gasteiger partial charge is 0.310 e. The van der Waals surface area contributed by atoms with Crippen molar-refractivity contribution in [1.29, 1.82) is 0 Å². The van der Waals surface area contributed by atoms with Gasteiger partial charge in [0, 0.05) is 18.3 Å². The van der Waals surface area contributed by atoms with Gasteiger partial charge in [-0.3, -0.25) is 0 Å². The van der Waals surface area contributed by atoms with Gasteiger partial charge in [0.15, 0.2) is 0 Å². The lowest BCUT2D eigenvalue weighted by Gasteiger charge is -2.12. The number of rotatable bonds is 6. The highest BCUT2D eigenvalue weighted by atomic mass is 32.2. The molecule has 0 saturated carbocycles. The van der Waals surface area contributed by atoms with E-state index in [9.17, 15) is 0 Å². The number of thioether (sulfide) groups is 1. The summed E-state index contributed by atoms with van der Waals surface area (Å²) in [6, 6.07) is 0.608. The van der Waals surface area contributed by atoms with Gasteiger partial charge in [-0.25, -0.2) is 0 Å². The number of nitrogens with one attached hydrogen (secondary N) is 1. The summed E-state index contributed by atoms with van der Waals surface area (Å²) in [5.41, 5.74) is 1.21. The predicted molar refractivity (Wildman–Crippen MR) is 55.3 cm³/mol. The average molecular weight is 173 g/mol. The molecule has 0 rings (SSSR count). The SMILES string of the molecule is C=C(C)CNC(C)CSCC.